The zero-order valence-electron chi connectivity index (χ0n) is 15.7. The van der Waals surface area contributed by atoms with Crippen molar-refractivity contribution in [2.75, 3.05) is 13.7 Å². The Kier molecular flexibility index (Phi) is 5.23. The molecule has 0 spiro atoms. The van der Waals surface area contributed by atoms with Gasteiger partial charge >= 0.3 is 6.03 Å². The molecule has 1 saturated heterocycles. The fourth-order valence-electron chi connectivity index (χ4n) is 3.45. The number of ether oxygens (including phenoxy) is 1. The summed E-state index contributed by atoms with van der Waals surface area (Å²) in [6.07, 6.45) is 1.70. The summed E-state index contributed by atoms with van der Waals surface area (Å²) in [5.74, 6) is 1.59. The molecule has 2 amide bonds. The van der Waals surface area contributed by atoms with Crippen molar-refractivity contribution in [3.05, 3.63) is 66.1 Å². The van der Waals surface area contributed by atoms with Gasteiger partial charge in [0, 0.05) is 13.1 Å². The number of amides is 2. The second kappa shape index (κ2) is 8.12. The highest BCUT2D eigenvalue weighted by atomic mass is 16.5. The lowest BCUT2D eigenvalue weighted by Gasteiger charge is -2.22. The van der Waals surface area contributed by atoms with Gasteiger partial charge in [-0.25, -0.2) is 4.79 Å². The average molecular weight is 378 g/mol. The van der Waals surface area contributed by atoms with Gasteiger partial charge in [0.15, 0.2) is 0 Å². The SMILES string of the molecule is COc1ccccc1-c1noc([C@H]2CCCN2C(=O)NCc2ccccc2)n1. The number of methoxy groups -OCH3 is 1. The highest BCUT2D eigenvalue weighted by Crippen LogP contribution is 2.33. The summed E-state index contributed by atoms with van der Waals surface area (Å²) in [5.41, 5.74) is 1.82. The monoisotopic (exact) mass is 378 g/mol. The molecule has 1 fully saturated rings. The van der Waals surface area contributed by atoms with E-state index in [1.165, 1.54) is 0 Å². The van der Waals surface area contributed by atoms with Gasteiger partial charge < -0.3 is 19.5 Å². The van der Waals surface area contributed by atoms with E-state index in [0.717, 1.165) is 24.0 Å². The molecule has 2 aromatic carbocycles. The Labute approximate surface area is 163 Å². The number of carbonyl (C=O) groups is 1. The van der Waals surface area contributed by atoms with Crippen molar-refractivity contribution in [1.29, 1.82) is 0 Å². The lowest BCUT2D eigenvalue weighted by Crippen LogP contribution is -2.39. The van der Waals surface area contributed by atoms with Gasteiger partial charge in [-0.1, -0.05) is 47.6 Å². The van der Waals surface area contributed by atoms with Crippen molar-refractivity contribution >= 4 is 6.03 Å². The third kappa shape index (κ3) is 3.69. The van der Waals surface area contributed by atoms with Gasteiger partial charge in [0.1, 0.15) is 11.8 Å². The van der Waals surface area contributed by atoms with E-state index in [9.17, 15) is 4.79 Å². The maximum absolute atomic E-state index is 12.7. The highest BCUT2D eigenvalue weighted by molar-refractivity contribution is 5.75. The highest BCUT2D eigenvalue weighted by Gasteiger charge is 2.34. The predicted molar refractivity (Wildman–Crippen MR) is 104 cm³/mol. The van der Waals surface area contributed by atoms with Crippen LogP contribution in [0.3, 0.4) is 0 Å². The maximum Gasteiger partial charge on any atom is 0.318 e. The van der Waals surface area contributed by atoms with E-state index in [1.54, 1.807) is 12.0 Å². The van der Waals surface area contributed by atoms with Crippen molar-refractivity contribution in [3.63, 3.8) is 0 Å². The first-order chi connectivity index (χ1) is 13.8. The maximum atomic E-state index is 12.7. The summed E-state index contributed by atoms with van der Waals surface area (Å²) in [5, 5.41) is 7.08. The first kappa shape index (κ1) is 18.0. The number of hydrogen-bond donors (Lipinski definition) is 1. The zero-order valence-corrected chi connectivity index (χ0v) is 15.7. The minimum Gasteiger partial charge on any atom is -0.496 e. The number of hydrogen-bond acceptors (Lipinski definition) is 5. The number of likely N-dealkylation sites (tertiary alicyclic amines) is 1. The number of nitrogens with zero attached hydrogens (tertiary/aromatic N) is 3. The molecular formula is C21H22N4O3. The van der Waals surface area contributed by atoms with Crippen LogP contribution >= 0.6 is 0 Å². The second-order valence-electron chi connectivity index (χ2n) is 6.65. The minimum atomic E-state index is -0.216. The molecule has 4 rings (SSSR count). The first-order valence-electron chi connectivity index (χ1n) is 9.31. The van der Waals surface area contributed by atoms with Crippen LogP contribution in [0.1, 0.15) is 30.3 Å². The Morgan fingerprint density at radius 1 is 1.21 bits per heavy atom. The molecule has 0 unspecified atom stereocenters. The standard InChI is InChI=1S/C21H22N4O3/c1-27-18-12-6-5-10-16(18)19-23-20(28-24-19)17-11-7-13-25(17)21(26)22-14-15-8-3-2-4-9-15/h2-6,8-10,12,17H,7,11,13-14H2,1H3,(H,22,26)/t17-/m1/s1. The molecule has 0 radical (unpaired) electrons. The Morgan fingerprint density at radius 2 is 2.00 bits per heavy atom. The quantitative estimate of drug-likeness (QED) is 0.731. The van der Waals surface area contributed by atoms with Crippen LogP contribution in [-0.4, -0.2) is 34.7 Å². The summed E-state index contributed by atoms with van der Waals surface area (Å²) in [7, 11) is 1.61. The fraction of sp³-hybridized carbons (Fsp3) is 0.286. The molecule has 28 heavy (non-hydrogen) atoms. The van der Waals surface area contributed by atoms with Crippen LogP contribution in [0.25, 0.3) is 11.4 Å². The molecule has 1 N–H and O–H groups in total. The molecule has 1 aliphatic rings. The molecule has 7 heteroatoms. The summed E-state index contributed by atoms with van der Waals surface area (Å²) in [6, 6.07) is 17.0. The van der Waals surface area contributed by atoms with Crippen LogP contribution in [0.2, 0.25) is 0 Å². The van der Waals surface area contributed by atoms with E-state index in [-0.39, 0.29) is 12.1 Å². The number of carbonyl (C=O) groups excluding carboxylic acids is 1. The largest absolute Gasteiger partial charge is 0.496 e. The number of nitrogens with one attached hydrogen (secondary N) is 1. The molecule has 1 atom stereocenters. The summed E-state index contributed by atoms with van der Waals surface area (Å²) >= 11 is 0. The fourth-order valence-corrected chi connectivity index (χ4v) is 3.45. The minimum absolute atomic E-state index is 0.122. The van der Waals surface area contributed by atoms with Gasteiger partial charge in [-0.05, 0) is 30.5 Å². The summed E-state index contributed by atoms with van der Waals surface area (Å²) < 4.78 is 10.9. The van der Waals surface area contributed by atoms with Gasteiger partial charge in [0.2, 0.25) is 11.7 Å². The van der Waals surface area contributed by atoms with Gasteiger partial charge in [-0.2, -0.15) is 4.98 Å². The zero-order chi connectivity index (χ0) is 19.3. The van der Waals surface area contributed by atoms with E-state index in [1.807, 2.05) is 54.6 Å². The lowest BCUT2D eigenvalue weighted by molar-refractivity contribution is 0.180. The smallest absolute Gasteiger partial charge is 0.318 e. The third-order valence-electron chi connectivity index (χ3n) is 4.87. The van der Waals surface area contributed by atoms with E-state index in [0.29, 0.717) is 30.6 Å². The van der Waals surface area contributed by atoms with Crippen LogP contribution in [0.5, 0.6) is 5.75 Å². The molecule has 1 aliphatic heterocycles. The van der Waals surface area contributed by atoms with E-state index >= 15 is 0 Å². The van der Waals surface area contributed by atoms with E-state index in [2.05, 4.69) is 15.5 Å². The first-order valence-corrected chi connectivity index (χ1v) is 9.31. The number of rotatable bonds is 5. The number of benzene rings is 2. The molecule has 0 aliphatic carbocycles. The lowest BCUT2D eigenvalue weighted by atomic mass is 10.2. The molecule has 144 valence electrons. The molecule has 7 nitrogen and oxygen atoms in total. The van der Waals surface area contributed by atoms with Crippen molar-refractivity contribution in [1.82, 2.24) is 20.4 Å². The Hall–Kier alpha value is -3.35. The molecular weight excluding hydrogens is 356 g/mol. The topological polar surface area (TPSA) is 80.5 Å². The molecule has 0 bridgehead atoms. The Bertz CT molecular complexity index is 942. The average Bonchev–Trinajstić information content (AvgIpc) is 3.42. The van der Waals surface area contributed by atoms with E-state index in [4.69, 9.17) is 9.26 Å². The number of para-hydroxylation sites is 1. The van der Waals surface area contributed by atoms with Gasteiger partial charge in [-0.3, -0.25) is 0 Å². The van der Waals surface area contributed by atoms with Crippen LogP contribution in [-0.2, 0) is 6.54 Å². The van der Waals surface area contributed by atoms with Crippen LogP contribution in [0.4, 0.5) is 4.79 Å². The van der Waals surface area contributed by atoms with Gasteiger partial charge in [0.25, 0.3) is 0 Å². The van der Waals surface area contributed by atoms with Crippen LogP contribution < -0.4 is 10.1 Å². The summed E-state index contributed by atoms with van der Waals surface area (Å²) in [4.78, 5) is 19.0. The molecule has 0 saturated carbocycles. The van der Waals surface area contributed by atoms with Gasteiger partial charge in [-0.15, -0.1) is 0 Å². The molecule has 3 aromatic rings. The Balaban J connectivity index is 1.48. The van der Waals surface area contributed by atoms with Crippen LogP contribution in [0, 0.1) is 0 Å². The van der Waals surface area contributed by atoms with Gasteiger partial charge in [0.05, 0.1) is 12.7 Å². The second-order valence-corrected chi connectivity index (χ2v) is 6.65. The van der Waals surface area contributed by atoms with E-state index < -0.39 is 0 Å². The predicted octanol–water partition coefficient (Wildman–Crippen LogP) is 3.79. The molecule has 1 aromatic heterocycles. The van der Waals surface area contributed by atoms with Crippen molar-refractivity contribution < 1.29 is 14.1 Å². The Morgan fingerprint density at radius 3 is 2.82 bits per heavy atom. The van der Waals surface area contributed by atoms with Crippen molar-refractivity contribution in [2.45, 2.75) is 25.4 Å². The molecule has 2 heterocycles. The van der Waals surface area contributed by atoms with Crippen molar-refractivity contribution in [3.8, 4) is 17.1 Å². The third-order valence-corrected chi connectivity index (χ3v) is 4.87. The van der Waals surface area contributed by atoms with Crippen molar-refractivity contribution in [2.24, 2.45) is 0 Å². The normalized spacial score (nSPS) is 16.2. The van der Waals surface area contributed by atoms with Crippen LogP contribution in [0.15, 0.2) is 59.1 Å². The number of urea groups is 1. The number of aromatic nitrogens is 2. The summed E-state index contributed by atoms with van der Waals surface area (Å²) in [6.45, 7) is 1.15.